The van der Waals surface area contributed by atoms with Crippen LogP contribution in [0.2, 0.25) is 0 Å². The van der Waals surface area contributed by atoms with E-state index in [1.165, 1.54) is 0 Å². The van der Waals surface area contributed by atoms with Crippen molar-refractivity contribution < 1.29 is 113 Å². The average molecular weight is 238 g/mol. The summed E-state index contributed by atoms with van der Waals surface area (Å²) >= 11 is 4.60. The van der Waals surface area contributed by atoms with E-state index in [-0.39, 0.29) is 114 Å². The van der Waals surface area contributed by atoms with Crippen molar-refractivity contribution in [3.63, 3.8) is 0 Å². The van der Waals surface area contributed by atoms with E-state index in [1.807, 2.05) is 0 Å². The van der Waals surface area contributed by atoms with Crippen LogP contribution in [0.5, 0.6) is 0 Å². The minimum absolute atomic E-state index is 0. The number of hydrogen-bond donors (Lipinski definition) is 2. The largest absolute Gasteiger partial charge is 1.00 e. The first-order chi connectivity index (χ1) is 4.70. The van der Waals surface area contributed by atoms with Crippen molar-refractivity contribution in [3.05, 3.63) is 4.77 Å². The van der Waals surface area contributed by atoms with Gasteiger partial charge in [-0.1, -0.05) is 10.3 Å². The van der Waals surface area contributed by atoms with Crippen LogP contribution >= 0.6 is 12.2 Å². The summed E-state index contributed by atoms with van der Waals surface area (Å²) in [6.45, 7) is -0.230. The number of aliphatic carboxylic acids is 1. The third kappa shape index (κ3) is 5.70. The van der Waals surface area contributed by atoms with Crippen LogP contribution in [0.3, 0.4) is 0 Å². The van der Waals surface area contributed by atoms with Crippen LogP contribution in [0.1, 0.15) is 0 Å². The van der Waals surface area contributed by atoms with Crippen molar-refractivity contribution in [1.82, 2.24) is 20.2 Å². The van der Waals surface area contributed by atoms with Gasteiger partial charge in [0.05, 0.1) is 0 Å². The normalized spacial score (nSPS) is 8.00. The maximum absolute atomic E-state index is 10.1. The molecule has 0 amide bonds. The predicted octanol–water partition coefficient (Wildman–Crippen LogP) is -6.57. The summed E-state index contributed by atoms with van der Waals surface area (Å²) in [5.74, 6) is -0.984. The van der Waals surface area contributed by atoms with Crippen LogP contribution in [0.15, 0.2) is 0 Å². The number of aromatic amines is 1. The molecule has 0 saturated heterocycles. The topological polar surface area (TPSA) is 83.8 Å². The van der Waals surface area contributed by atoms with Gasteiger partial charge >= 0.3 is 109 Å². The molecule has 1 aromatic heterocycles. The van der Waals surface area contributed by atoms with Gasteiger partial charge in [0.15, 0.2) is 0 Å². The SMILES string of the molecule is O=C(O)Cn1[nH]nnc1=S.[K+].[K+]. The van der Waals surface area contributed by atoms with Crippen LogP contribution in [-0.2, 0) is 11.3 Å². The monoisotopic (exact) mass is 238 g/mol. The fourth-order valence-corrected chi connectivity index (χ4v) is 0.600. The first kappa shape index (κ1) is 16.5. The molecule has 0 unspecified atom stereocenters. The summed E-state index contributed by atoms with van der Waals surface area (Å²) in [4.78, 5) is 10.1. The number of rotatable bonds is 2. The van der Waals surface area contributed by atoms with Crippen molar-refractivity contribution in [1.29, 1.82) is 0 Å². The Kier molecular flexibility index (Phi) is 11.5. The van der Waals surface area contributed by atoms with Crippen molar-refractivity contribution in [2.45, 2.75) is 6.54 Å². The van der Waals surface area contributed by atoms with Gasteiger partial charge in [-0.3, -0.25) is 4.79 Å². The molecule has 6 nitrogen and oxygen atoms in total. The minimum atomic E-state index is -0.984. The Labute approximate surface area is 158 Å². The van der Waals surface area contributed by atoms with E-state index < -0.39 is 5.97 Å². The molecule has 0 spiro atoms. The molecule has 1 aromatic rings. The number of H-pyrrole nitrogens is 1. The Morgan fingerprint density at radius 1 is 1.67 bits per heavy atom. The number of hydrogen-bond acceptors (Lipinski definition) is 4. The van der Waals surface area contributed by atoms with E-state index in [4.69, 9.17) is 5.11 Å². The summed E-state index contributed by atoms with van der Waals surface area (Å²) in [5.41, 5.74) is 0. The number of carbonyl (C=O) groups is 1. The Morgan fingerprint density at radius 3 is 2.58 bits per heavy atom. The smallest absolute Gasteiger partial charge is 0.480 e. The molecule has 1 heterocycles. The van der Waals surface area contributed by atoms with E-state index in [0.717, 1.165) is 4.68 Å². The zero-order valence-electron chi connectivity index (χ0n) is 6.81. The Hall–Kier alpha value is 2.03. The zero-order valence-corrected chi connectivity index (χ0v) is 13.9. The van der Waals surface area contributed by atoms with Crippen molar-refractivity contribution in [2.75, 3.05) is 0 Å². The molecule has 0 atom stereocenters. The Balaban J connectivity index is 0. The molecular weight excluding hydrogens is 234 g/mol. The third-order valence-corrected chi connectivity index (χ3v) is 1.13. The fraction of sp³-hybridized carbons (Fsp3) is 0.333. The van der Waals surface area contributed by atoms with E-state index in [1.54, 1.807) is 0 Å². The minimum Gasteiger partial charge on any atom is -0.480 e. The van der Waals surface area contributed by atoms with Crippen LogP contribution in [-0.4, -0.2) is 31.3 Å². The number of tetrazole rings is 1. The van der Waals surface area contributed by atoms with Crippen LogP contribution in [0, 0.1) is 4.77 Å². The molecular formula is C3H4K2N4O2S+2. The second-order valence-corrected chi connectivity index (χ2v) is 1.93. The predicted molar refractivity (Wildman–Crippen MR) is 32.8 cm³/mol. The molecule has 0 aliphatic carbocycles. The van der Waals surface area contributed by atoms with Gasteiger partial charge in [-0.25, -0.2) is 4.68 Å². The molecule has 9 heteroatoms. The molecule has 2 N–H and O–H groups in total. The molecule has 12 heavy (non-hydrogen) atoms. The maximum atomic E-state index is 10.1. The van der Waals surface area contributed by atoms with Gasteiger partial charge in [0.2, 0.25) is 4.77 Å². The summed E-state index contributed by atoms with van der Waals surface area (Å²) < 4.78 is 1.29. The first-order valence-corrected chi connectivity index (χ1v) is 2.80. The standard InChI is InChI=1S/C3H4N4O2S.2K/c8-2(9)1-7-3(10)4-5-6-7;;/h1H2,(H,8,9)(H,4,6,10);;/q;2*+1. The van der Waals surface area contributed by atoms with Gasteiger partial charge in [-0.15, -0.1) is 0 Å². The van der Waals surface area contributed by atoms with Crippen LogP contribution in [0.25, 0.3) is 0 Å². The summed E-state index contributed by atoms with van der Waals surface area (Å²) in [6, 6.07) is 0. The van der Waals surface area contributed by atoms with Gasteiger partial charge in [0.25, 0.3) is 0 Å². The van der Waals surface area contributed by atoms with Gasteiger partial charge in [-0.05, 0) is 12.2 Å². The second kappa shape index (κ2) is 8.35. The van der Waals surface area contributed by atoms with Crippen LogP contribution < -0.4 is 103 Å². The van der Waals surface area contributed by atoms with E-state index in [0.29, 0.717) is 0 Å². The number of carboxylic acid groups (broad SMARTS) is 1. The van der Waals surface area contributed by atoms with E-state index in [2.05, 4.69) is 27.7 Å². The average Bonchev–Trinajstić information content (AvgIpc) is 2.15. The van der Waals surface area contributed by atoms with Crippen molar-refractivity contribution >= 4 is 18.2 Å². The third-order valence-electron chi connectivity index (χ3n) is 0.825. The molecule has 0 fully saturated rings. The molecule has 0 bridgehead atoms. The van der Waals surface area contributed by atoms with E-state index >= 15 is 0 Å². The van der Waals surface area contributed by atoms with Crippen LogP contribution in [0.4, 0.5) is 0 Å². The van der Waals surface area contributed by atoms with Crippen molar-refractivity contribution in [2.24, 2.45) is 0 Å². The quantitative estimate of drug-likeness (QED) is 0.395. The van der Waals surface area contributed by atoms with Gasteiger partial charge in [-0.2, -0.15) is 5.21 Å². The van der Waals surface area contributed by atoms with Crippen molar-refractivity contribution in [3.8, 4) is 0 Å². The van der Waals surface area contributed by atoms with E-state index in [9.17, 15) is 4.79 Å². The second-order valence-electron chi connectivity index (χ2n) is 1.56. The van der Waals surface area contributed by atoms with Gasteiger partial charge in [0, 0.05) is 0 Å². The maximum Gasteiger partial charge on any atom is 1.00 e. The molecule has 1 rings (SSSR count). The fourth-order valence-electron chi connectivity index (χ4n) is 0.454. The molecule has 0 aliphatic rings. The zero-order chi connectivity index (χ0) is 7.56. The molecule has 0 radical (unpaired) electrons. The van der Waals surface area contributed by atoms with Gasteiger partial charge < -0.3 is 5.11 Å². The number of nitrogens with zero attached hydrogens (tertiary/aromatic N) is 3. The summed E-state index contributed by atoms with van der Waals surface area (Å²) in [6.07, 6.45) is 0. The molecule has 0 aliphatic heterocycles. The summed E-state index contributed by atoms with van der Waals surface area (Å²) in [7, 11) is 0. The summed E-state index contributed by atoms with van der Waals surface area (Å²) in [5, 5.41) is 17.2. The first-order valence-electron chi connectivity index (χ1n) is 2.40. The van der Waals surface area contributed by atoms with Gasteiger partial charge in [0.1, 0.15) is 6.54 Å². The Morgan fingerprint density at radius 2 is 2.25 bits per heavy atom. The Bertz CT molecular complexity index is 296. The molecule has 0 saturated carbocycles. The molecule has 0 aromatic carbocycles. The molecule has 54 valence electrons. The number of aromatic nitrogens is 4. The number of carboxylic acids is 1. The number of nitrogens with one attached hydrogen (secondary N) is 1.